The Hall–Kier alpha value is -1.62. The summed E-state index contributed by atoms with van der Waals surface area (Å²) in [4.78, 5) is 25.3. The van der Waals surface area contributed by atoms with Gasteiger partial charge in [-0.3, -0.25) is 9.59 Å². The smallest absolute Gasteiger partial charge is 0.252 e. The standard InChI is InChI=1S/C13H21N3O2/c1-3-13(4-2,8-14)9-16-12(18)10-5-6-11(17)15-7-10/h5-7H,3-4,8-9,14H2,1-2H3,(H,15,17)(H,16,18). The summed E-state index contributed by atoms with van der Waals surface area (Å²) in [7, 11) is 0. The Balaban J connectivity index is 2.65. The third-order valence-corrected chi connectivity index (χ3v) is 3.60. The highest BCUT2D eigenvalue weighted by atomic mass is 16.1. The largest absolute Gasteiger partial charge is 0.351 e. The van der Waals surface area contributed by atoms with Crippen LogP contribution >= 0.6 is 0 Å². The molecule has 1 amide bonds. The van der Waals surface area contributed by atoms with E-state index in [1.165, 1.54) is 18.3 Å². The van der Waals surface area contributed by atoms with Crippen LogP contribution in [-0.4, -0.2) is 24.0 Å². The number of pyridine rings is 1. The number of nitrogens with two attached hydrogens (primary N) is 1. The van der Waals surface area contributed by atoms with E-state index in [0.717, 1.165) is 12.8 Å². The first kappa shape index (κ1) is 14.4. The molecule has 5 heteroatoms. The van der Waals surface area contributed by atoms with Crippen LogP contribution in [0.3, 0.4) is 0 Å². The summed E-state index contributed by atoms with van der Waals surface area (Å²) in [6, 6.07) is 2.85. The van der Waals surface area contributed by atoms with Crippen LogP contribution in [0.2, 0.25) is 0 Å². The zero-order valence-electron chi connectivity index (χ0n) is 11.0. The lowest BCUT2D eigenvalue weighted by molar-refractivity contribution is 0.0927. The van der Waals surface area contributed by atoms with Crippen molar-refractivity contribution in [2.24, 2.45) is 11.1 Å². The second-order valence-electron chi connectivity index (χ2n) is 4.54. The van der Waals surface area contributed by atoms with Crippen LogP contribution in [0.5, 0.6) is 0 Å². The van der Waals surface area contributed by atoms with Crippen LogP contribution in [0.4, 0.5) is 0 Å². The average Bonchev–Trinajstić information content (AvgIpc) is 2.41. The van der Waals surface area contributed by atoms with Crippen molar-refractivity contribution in [1.82, 2.24) is 10.3 Å². The molecule has 1 rings (SSSR count). The summed E-state index contributed by atoms with van der Waals surface area (Å²) in [5.41, 5.74) is 5.96. The van der Waals surface area contributed by atoms with Gasteiger partial charge in [-0.05, 0) is 30.9 Å². The molecule has 0 aliphatic heterocycles. The van der Waals surface area contributed by atoms with Crippen molar-refractivity contribution in [2.75, 3.05) is 13.1 Å². The molecule has 1 aromatic rings. The molecular weight excluding hydrogens is 230 g/mol. The maximum absolute atomic E-state index is 11.9. The molecule has 1 heterocycles. The van der Waals surface area contributed by atoms with Crippen molar-refractivity contribution in [3.05, 3.63) is 34.2 Å². The van der Waals surface area contributed by atoms with Gasteiger partial charge in [0.05, 0.1) is 5.56 Å². The quantitative estimate of drug-likeness (QED) is 0.701. The molecule has 0 aliphatic rings. The lowest BCUT2D eigenvalue weighted by Crippen LogP contribution is -2.41. The van der Waals surface area contributed by atoms with Crippen LogP contribution in [0.1, 0.15) is 37.0 Å². The molecular formula is C13H21N3O2. The van der Waals surface area contributed by atoms with E-state index in [0.29, 0.717) is 18.7 Å². The predicted molar refractivity (Wildman–Crippen MR) is 71.5 cm³/mol. The Morgan fingerprint density at radius 2 is 2.06 bits per heavy atom. The van der Waals surface area contributed by atoms with Gasteiger partial charge in [-0.2, -0.15) is 0 Å². The zero-order valence-corrected chi connectivity index (χ0v) is 11.0. The highest BCUT2D eigenvalue weighted by Crippen LogP contribution is 2.23. The third kappa shape index (κ3) is 3.43. The third-order valence-electron chi connectivity index (χ3n) is 3.60. The van der Waals surface area contributed by atoms with Gasteiger partial charge in [-0.1, -0.05) is 13.8 Å². The Bertz CT molecular complexity index is 421. The van der Waals surface area contributed by atoms with Crippen molar-refractivity contribution < 1.29 is 4.79 Å². The molecule has 0 aromatic carbocycles. The van der Waals surface area contributed by atoms with Crippen molar-refractivity contribution >= 4 is 5.91 Å². The number of carbonyl (C=O) groups excluding carboxylic acids is 1. The van der Waals surface area contributed by atoms with Gasteiger partial charge in [0.25, 0.3) is 5.91 Å². The van der Waals surface area contributed by atoms with Crippen LogP contribution in [0.15, 0.2) is 23.1 Å². The van der Waals surface area contributed by atoms with Gasteiger partial charge in [0, 0.05) is 18.8 Å². The maximum atomic E-state index is 11.9. The topological polar surface area (TPSA) is 88.0 Å². The zero-order chi connectivity index (χ0) is 13.6. The molecule has 0 radical (unpaired) electrons. The number of hydrogen-bond donors (Lipinski definition) is 3. The van der Waals surface area contributed by atoms with Gasteiger partial charge in [0.2, 0.25) is 5.56 Å². The van der Waals surface area contributed by atoms with Crippen LogP contribution in [-0.2, 0) is 0 Å². The fourth-order valence-electron chi connectivity index (χ4n) is 1.78. The highest BCUT2D eigenvalue weighted by Gasteiger charge is 2.25. The Morgan fingerprint density at radius 1 is 1.39 bits per heavy atom. The predicted octanol–water partition coefficient (Wildman–Crippen LogP) is 0.870. The molecule has 4 N–H and O–H groups in total. The van der Waals surface area contributed by atoms with E-state index in [9.17, 15) is 9.59 Å². The van der Waals surface area contributed by atoms with Crippen molar-refractivity contribution in [2.45, 2.75) is 26.7 Å². The van der Waals surface area contributed by atoms with Crippen molar-refractivity contribution in [3.8, 4) is 0 Å². The number of H-pyrrole nitrogens is 1. The second-order valence-corrected chi connectivity index (χ2v) is 4.54. The molecule has 0 saturated carbocycles. The van der Waals surface area contributed by atoms with E-state index in [-0.39, 0.29) is 16.9 Å². The SMILES string of the molecule is CCC(CC)(CN)CNC(=O)c1ccc(=O)[nH]c1. The molecule has 0 bridgehead atoms. The number of nitrogens with one attached hydrogen (secondary N) is 2. The molecule has 5 nitrogen and oxygen atoms in total. The summed E-state index contributed by atoms with van der Waals surface area (Å²) in [6.07, 6.45) is 3.26. The Morgan fingerprint density at radius 3 is 2.50 bits per heavy atom. The molecule has 100 valence electrons. The highest BCUT2D eigenvalue weighted by molar-refractivity contribution is 5.93. The molecule has 1 aromatic heterocycles. The van der Waals surface area contributed by atoms with Gasteiger partial charge in [0.1, 0.15) is 0 Å². The fourth-order valence-corrected chi connectivity index (χ4v) is 1.78. The molecule has 0 aliphatic carbocycles. The normalized spacial score (nSPS) is 11.3. The number of carbonyl (C=O) groups is 1. The maximum Gasteiger partial charge on any atom is 0.252 e. The number of hydrogen-bond acceptors (Lipinski definition) is 3. The Kier molecular flexibility index (Phi) is 5.09. The summed E-state index contributed by atoms with van der Waals surface area (Å²) in [5, 5.41) is 2.87. The van der Waals surface area contributed by atoms with E-state index < -0.39 is 0 Å². The second kappa shape index (κ2) is 6.35. The van der Waals surface area contributed by atoms with Gasteiger partial charge in [-0.15, -0.1) is 0 Å². The van der Waals surface area contributed by atoms with Crippen LogP contribution in [0, 0.1) is 5.41 Å². The molecule has 18 heavy (non-hydrogen) atoms. The van der Waals surface area contributed by atoms with Gasteiger partial charge < -0.3 is 16.0 Å². The van der Waals surface area contributed by atoms with Crippen LogP contribution in [0.25, 0.3) is 0 Å². The minimum Gasteiger partial charge on any atom is -0.351 e. The first-order valence-electron chi connectivity index (χ1n) is 6.24. The minimum atomic E-state index is -0.218. The average molecular weight is 251 g/mol. The Labute approximate surface area is 107 Å². The monoisotopic (exact) mass is 251 g/mol. The van der Waals surface area contributed by atoms with Gasteiger partial charge in [0.15, 0.2) is 0 Å². The molecule has 0 saturated heterocycles. The number of amides is 1. The summed E-state index contributed by atoms with van der Waals surface area (Å²) < 4.78 is 0. The molecule has 0 fully saturated rings. The minimum absolute atomic E-state index is 0.0438. The summed E-state index contributed by atoms with van der Waals surface area (Å²) in [6.45, 7) is 5.24. The van der Waals surface area contributed by atoms with Gasteiger partial charge >= 0.3 is 0 Å². The number of rotatable bonds is 6. The fraction of sp³-hybridized carbons (Fsp3) is 0.538. The van der Waals surface area contributed by atoms with Crippen molar-refractivity contribution in [1.29, 1.82) is 0 Å². The summed E-state index contributed by atoms with van der Waals surface area (Å²) >= 11 is 0. The van der Waals surface area contributed by atoms with Crippen molar-refractivity contribution in [3.63, 3.8) is 0 Å². The van der Waals surface area contributed by atoms with E-state index >= 15 is 0 Å². The lowest BCUT2D eigenvalue weighted by atomic mass is 9.82. The first-order chi connectivity index (χ1) is 8.56. The number of aromatic nitrogens is 1. The van der Waals surface area contributed by atoms with Gasteiger partial charge in [-0.25, -0.2) is 0 Å². The number of aromatic amines is 1. The van der Waals surface area contributed by atoms with E-state index in [4.69, 9.17) is 5.73 Å². The molecule has 0 atom stereocenters. The van der Waals surface area contributed by atoms with Crippen LogP contribution < -0.4 is 16.6 Å². The van der Waals surface area contributed by atoms with E-state index in [1.54, 1.807) is 0 Å². The van der Waals surface area contributed by atoms with E-state index in [1.807, 2.05) is 0 Å². The summed E-state index contributed by atoms with van der Waals surface area (Å²) in [5.74, 6) is -0.189. The van der Waals surface area contributed by atoms with E-state index in [2.05, 4.69) is 24.1 Å². The first-order valence-corrected chi connectivity index (χ1v) is 6.24. The molecule has 0 unspecified atom stereocenters. The molecule has 0 spiro atoms. The lowest BCUT2D eigenvalue weighted by Gasteiger charge is -2.30.